The van der Waals surface area contributed by atoms with E-state index in [1.165, 1.54) is 5.56 Å². The molecule has 3 aromatic heterocycles. The molecule has 0 saturated carbocycles. The van der Waals surface area contributed by atoms with Gasteiger partial charge in [-0.05, 0) is 29.7 Å². The number of hydrogen-bond acceptors (Lipinski definition) is 3. The zero-order valence-electron chi connectivity index (χ0n) is 13.2. The van der Waals surface area contributed by atoms with Gasteiger partial charge < -0.3 is 5.73 Å². The number of nitrogens with zero attached hydrogens (tertiary/aromatic N) is 3. The Labute approximate surface area is 134 Å². The van der Waals surface area contributed by atoms with Crippen LogP contribution in [0.4, 0.5) is 5.69 Å². The van der Waals surface area contributed by atoms with Gasteiger partial charge in [-0.15, -0.1) is 0 Å². The summed E-state index contributed by atoms with van der Waals surface area (Å²) in [6.45, 7) is 4.31. The summed E-state index contributed by atoms with van der Waals surface area (Å²) in [4.78, 5) is 8.81. The fourth-order valence-corrected chi connectivity index (χ4v) is 3.06. The van der Waals surface area contributed by atoms with E-state index in [4.69, 9.17) is 5.73 Å². The van der Waals surface area contributed by atoms with E-state index in [0.29, 0.717) is 5.92 Å². The minimum atomic E-state index is 0.396. The van der Waals surface area contributed by atoms with Crippen LogP contribution in [0.15, 0.2) is 55.1 Å². The van der Waals surface area contributed by atoms with Gasteiger partial charge >= 0.3 is 0 Å². The molecule has 23 heavy (non-hydrogen) atoms. The molecule has 4 rings (SSSR count). The molecule has 4 heteroatoms. The highest BCUT2D eigenvalue weighted by atomic mass is 15.1. The van der Waals surface area contributed by atoms with Crippen LogP contribution in [0.25, 0.3) is 27.5 Å². The first kappa shape index (κ1) is 13.8. The summed E-state index contributed by atoms with van der Waals surface area (Å²) >= 11 is 0. The molecule has 3 heterocycles. The van der Waals surface area contributed by atoms with Gasteiger partial charge in [0.1, 0.15) is 5.82 Å². The highest BCUT2D eigenvalue weighted by Crippen LogP contribution is 2.31. The fourth-order valence-electron chi connectivity index (χ4n) is 3.06. The summed E-state index contributed by atoms with van der Waals surface area (Å²) in [5.41, 5.74) is 9.46. The molecule has 4 nitrogen and oxygen atoms in total. The normalized spacial score (nSPS) is 11.6. The predicted octanol–water partition coefficient (Wildman–Crippen LogP) is 4.28. The van der Waals surface area contributed by atoms with Crippen molar-refractivity contribution in [1.29, 1.82) is 0 Å². The average Bonchev–Trinajstić information content (AvgIpc) is 2.99. The van der Waals surface area contributed by atoms with Crippen LogP contribution in [0.3, 0.4) is 0 Å². The molecule has 0 saturated heterocycles. The molecule has 4 aromatic rings. The summed E-state index contributed by atoms with van der Waals surface area (Å²) in [7, 11) is 0. The van der Waals surface area contributed by atoms with E-state index in [2.05, 4.69) is 48.1 Å². The Kier molecular flexibility index (Phi) is 3.05. The van der Waals surface area contributed by atoms with E-state index in [-0.39, 0.29) is 0 Å². The largest absolute Gasteiger partial charge is 0.398 e. The lowest BCUT2D eigenvalue weighted by Gasteiger charge is -2.13. The van der Waals surface area contributed by atoms with E-state index in [1.54, 1.807) is 6.20 Å². The summed E-state index contributed by atoms with van der Waals surface area (Å²) in [6.07, 6.45) is 7.55. The van der Waals surface area contributed by atoms with Crippen LogP contribution in [0, 0.1) is 0 Å². The molecule has 0 aliphatic carbocycles. The van der Waals surface area contributed by atoms with Gasteiger partial charge in [0.2, 0.25) is 0 Å². The van der Waals surface area contributed by atoms with Crippen LogP contribution in [0.1, 0.15) is 25.3 Å². The first-order valence-corrected chi connectivity index (χ1v) is 7.75. The summed E-state index contributed by atoms with van der Waals surface area (Å²) in [5, 5.41) is 3.25. The van der Waals surface area contributed by atoms with Gasteiger partial charge in [-0.2, -0.15) is 0 Å². The Morgan fingerprint density at radius 2 is 1.91 bits per heavy atom. The lowest BCUT2D eigenvalue weighted by atomic mass is 9.97. The number of rotatable bonds is 2. The number of nitrogen functional groups attached to an aromatic ring is 1. The molecule has 0 aliphatic rings. The van der Waals surface area contributed by atoms with Gasteiger partial charge in [0, 0.05) is 40.4 Å². The van der Waals surface area contributed by atoms with Gasteiger partial charge in [0.15, 0.2) is 0 Å². The second-order valence-electron chi connectivity index (χ2n) is 6.11. The summed E-state index contributed by atoms with van der Waals surface area (Å²) in [6, 6.07) is 10.3. The molecule has 0 fully saturated rings. The standard InChI is InChI=1S/C19H18N4/c1-12(2)15-4-3-14-10-22-18(9-16(14)19(15)20)23-8-6-13-5-7-21-11-17(13)23/h3-12H,20H2,1-2H3. The number of benzene rings is 1. The molecule has 0 bridgehead atoms. The van der Waals surface area contributed by atoms with E-state index in [0.717, 1.165) is 33.2 Å². The smallest absolute Gasteiger partial charge is 0.137 e. The van der Waals surface area contributed by atoms with Crippen LogP contribution in [0.5, 0.6) is 0 Å². The molecule has 114 valence electrons. The third kappa shape index (κ3) is 2.14. The molecule has 2 N–H and O–H groups in total. The van der Waals surface area contributed by atoms with Gasteiger partial charge in [-0.25, -0.2) is 4.98 Å². The summed E-state index contributed by atoms with van der Waals surface area (Å²) < 4.78 is 2.04. The van der Waals surface area contributed by atoms with Gasteiger partial charge in [-0.3, -0.25) is 9.55 Å². The third-order valence-electron chi connectivity index (χ3n) is 4.33. The number of pyridine rings is 2. The zero-order chi connectivity index (χ0) is 16.0. The van der Waals surface area contributed by atoms with Crippen molar-refractivity contribution in [3.8, 4) is 5.82 Å². The molecular weight excluding hydrogens is 284 g/mol. The van der Waals surface area contributed by atoms with Crippen molar-refractivity contribution in [2.75, 3.05) is 5.73 Å². The molecule has 0 spiro atoms. The Morgan fingerprint density at radius 3 is 2.74 bits per heavy atom. The lowest BCUT2D eigenvalue weighted by Crippen LogP contribution is -2.00. The van der Waals surface area contributed by atoms with Crippen LogP contribution in [-0.4, -0.2) is 14.5 Å². The summed E-state index contributed by atoms with van der Waals surface area (Å²) in [5.74, 6) is 1.25. The number of anilines is 1. The zero-order valence-corrected chi connectivity index (χ0v) is 13.2. The highest BCUT2D eigenvalue weighted by Gasteiger charge is 2.10. The second kappa shape index (κ2) is 5.09. The van der Waals surface area contributed by atoms with Crippen molar-refractivity contribution < 1.29 is 0 Å². The van der Waals surface area contributed by atoms with Crippen LogP contribution in [0.2, 0.25) is 0 Å². The second-order valence-corrected chi connectivity index (χ2v) is 6.11. The first-order chi connectivity index (χ1) is 11.1. The quantitative estimate of drug-likeness (QED) is 0.562. The molecule has 0 amide bonds. The van der Waals surface area contributed by atoms with Crippen molar-refractivity contribution in [1.82, 2.24) is 14.5 Å². The number of fused-ring (bicyclic) bond motifs is 2. The SMILES string of the molecule is CC(C)c1ccc2cnc(-n3ccc4ccncc43)cc2c1N. The Hall–Kier alpha value is -2.88. The van der Waals surface area contributed by atoms with E-state index < -0.39 is 0 Å². The molecule has 1 aromatic carbocycles. The monoisotopic (exact) mass is 302 g/mol. The Bertz CT molecular complexity index is 1010. The lowest BCUT2D eigenvalue weighted by molar-refractivity contribution is 0.871. The number of hydrogen-bond donors (Lipinski definition) is 1. The molecule has 0 radical (unpaired) electrons. The van der Waals surface area contributed by atoms with Crippen LogP contribution >= 0.6 is 0 Å². The number of aromatic nitrogens is 3. The molecule has 0 aliphatic heterocycles. The first-order valence-electron chi connectivity index (χ1n) is 7.75. The third-order valence-corrected chi connectivity index (χ3v) is 4.33. The van der Waals surface area contributed by atoms with Crippen molar-refractivity contribution in [2.24, 2.45) is 0 Å². The van der Waals surface area contributed by atoms with E-state index >= 15 is 0 Å². The molecule has 0 unspecified atom stereocenters. The van der Waals surface area contributed by atoms with Crippen molar-refractivity contribution in [3.05, 3.63) is 60.7 Å². The minimum absolute atomic E-state index is 0.396. The average molecular weight is 302 g/mol. The maximum absolute atomic E-state index is 6.41. The van der Waals surface area contributed by atoms with Crippen LogP contribution < -0.4 is 5.73 Å². The predicted molar refractivity (Wildman–Crippen MR) is 94.9 cm³/mol. The van der Waals surface area contributed by atoms with Crippen LogP contribution in [-0.2, 0) is 0 Å². The Balaban J connectivity index is 1.96. The van der Waals surface area contributed by atoms with Gasteiger partial charge in [0.25, 0.3) is 0 Å². The van der Waals surface area contributed by atoms with E-state index in [9.17, 15) is 0 Å². The maximum atomic E-state index is 6.41. The minimum Gasteiger partial charge on any atom is -0.398 e. The van der Waals surface area contributed by atoms with Crippen molar-refractivity contribution in [2.45, 2.75) is 19.8 Å². The Morgan fingerprint density at radius 1 is 1.04 bits per heavy atom. The number of nitrogens with two attached hydrogens (primary N) is 1. The van der Waals surface area contributed by atoms with Gasteiger partial charge in [0.05, 0.1) is 11.7 Å². The van der Waals surface area contributed by atoms with Gasteiger partial charge in [-0.1, -0.05) is 26.0 Å². The van der Waals surface area contributed by atoms with E-state index in [1.807, 2.05) is 29.2 Å². The highest BCUT2D eigenvalue weighted by molar-refractivity contribution is 5.95. The van der Waals surface area contributed by atoms with Crippen molar-refractivity contribution in [3.63, 3.8) is 0 Å². The molecule has 0 atom stereocenters. The van der Waals surface area contributed by atoms with Crippen molar-refractivity contribution >= 4 is 27.4 Å². The molecular formula is C19H18N4. The maximum Gasteiger partial charge on any atom is 0.137 e. The topological polar surface area (TPSA) is 56.7 Å². The fraction of sp³-hybridized carbons (Fsp3) is 0.158.